The minimum Gasteiger partial charge on any atom is -0.439 e. The Morgan fingerprint density at radius 1 is 1.25 bits per heavy atom. The number of halogens is 1. The highest BCUT2D eigenvalue weighted by Crippen LogP contribution is 2.23. The molecule has 0 saturated heterocycles. The van der Waals surface area contributed by atoms with Gasteiger partial charge in [-0.25, -0.2) is 9.97 Å². The Labute approximate surface area is 101 Å². The van der Waals surface area contributed by atoms with E-state index in [-0.39, 0.29) is 6.61 Å². The van der Waals surface area contributed by atoms with E-state index in [1.54, 1.807) is 0 Å². The normalized spacial score (nSPS) is 10.1. The molecule has 1 N–H and O–H groups in total. The van der Waals surface area contributed by atoms with E-state index in [4.69, 9.17) is 9.84 Å². The van der Waals surface area contributed by atoms with Crippen LogP contribution in [-0.2, 0) is 6.61 Å². The van der Waals surface area contributed by atoms with Crippen LogP contribution in [0.3, 0.4) is 0 Å². The summed E-state index contributed by atoms with van der Waals surface area (Å²) in [5.41, 5.74) is 0.561. The van der Waals surface area contributed by atoms with E-state index < -0.39 is 0 Å². The van der Waals surface area contributed by atoms with Crippen LogP contribution < -0.4 is 4.74 Å². The van der Waals surface area contributed by atoms with Crippen LogP contribution in [0.25, 0.3) is 0 Å². The zero-order valence-corrected chi connectivity index (χ0v) is 9.89. The molecule has 0 radical (unpaired) electrons. The molecule has 2 aromatic rings. The highest BCUT2D eigenvalue weighted by atomic mass is 79.9. The molecule has 0 aliphatic carbocycles. The Bertz CT molecular complexity index is 474. The quantitative estimate of drug-likeness (QED) is 0.939. The van der Waals surface area contributed by atoms with Crippen LogP contribution in [-0.4, -0.2) is 15.1 Å². The van der Waals surface area contributed by atoms with Gasteiger partial charge in [0.2, 0.25) is 5.88 Å². The molecule has 0 unspecified atom stereocenters. The van der Waals surface area contributed by atoms with Crippen LogP contribution in [0.5, 0.6) is 11.6 Å². The molecule has 0 saturated carbocycles. The number of aliphatic hydroxyl groups is 1. The van der Waals surface area contributed by atoms with Gasteiger partial charge < -0.3 is 9.84 Å². The van der Waals surface area contributed by atoms with Crippen LogP contribution in [0.2, 0.25) is 0 Å². The smallest absolute Gasteiger partial charge is 0.227 e. The van der Waals surface area contributed by atoms with Gasteiger partial charge in [-0.05, 0) is 24.3 Å². The minimum absolute atomic E-state index is 0.146. The molecule has 0 spiro atoms. The second-order valence-corrected chi connectivity index (χ2v) is 3.98. The van der Waals surface area contributed by atoms with Gasteiger partial charge in [-0.3, -0.25) is 0 Å². The molecule has 0 aliphatic rings. The lowest BCUT2D eigenvalue weighted by Crippen LogP contribution is -1.95. The average molecular weight is 281 g/mol. The molecule has 0 atom stereocenters. The van der Waals surface area contributed by atoms with Crippen LogP contribution in [0.1, 0.15) is 5.56 Å². The fraction of sp³-hybridized carbons (Fsp3) is 0.0909. The molecule has 0 fully saturated rings. The third-order valence-electron chi connectivity index (χ3n) is 1.95. The van der Waals surface area contributed by atoms with Crippen molar-refractivity contribution in [3.8, 4) is 11.6 Å². The van der Waals surface area contributed by atoms with Gasteiger partial charge in [-0.1, -0.05) is 15.9 Å². The van der Waals surface area contributed by atoms with Crippen LogP contribution in [0.4, 0.5) is 0 Å². The standard InChI is InChI=1S/C11H9BrN2O2/c12-9-1-3-10(4-2-9)16-11-8(6-15)5-13-7-14-11/h1-5,7,15H,6H2. The summed E-state index contributed by atoms with van der Waals surface area (Å²) in [7, 11) is 0. The summed E-state index contributed by atoms with van der Waals surface area (Å²) in [6, 6.07) is 7.37. The molecule has 2 rings (SSSR count). The van der Waals surface area contributed by atoms with Gasteiger partial charge in [0, 0.05) is 10.7 Å². The predicted octanol–water partition coefficient (Wildman–Crippen LogP) is 2.52. The summed E-state index contributed by atoms with van der Waals surface area (Å²) in [5, 5.41) is 9.07. The second kappa shape index (κ2) is 5.05. The largest absolute Gasteiger partial charge is 0.439 e. The molecule has 4 nitrogen and oxygen atoms in total. The van der Waals surface area contributed by atoms with Crippen molar-refractivity contribution in [2.75, 3.05) is 0 Å². The molecule has 1 aromatic carbocycles. The van der Waals surface area contributed by atoms with Crippen LogP contribution in [0, 0.1) is 0 Å². The topological polar surface area (TPSA) is 55.2 Å². The maximum absolute atomic E-state index is 9.07. The van der Waals surface area contributed by atoms with Gasteiger partial charge in [0.05, 0.1) is 12.2 Å². The van der Waals surface area contributed by atoms with E-state index >= 15 is 0 Å². The fourth-order valence-electron chi connectivity index (χ4n) is 1.16. The van der Waals surface area contributed by atoms with Gasteiger partial charge >= 0.3 is 0 Å². The van der Waals surface area contributed by atoms with Crippen molar-refractivity contribution in [1.29, 1.82) is 0 Å². The molecule has 16 heavy (non-hydrogen) atoms. The Morgan fingerprint density at radius 2 is 2.00 bits per heavy atom. The van der Waals surface area contributed by atoms with Gasteiger partial charge in [0.25, 0.3) is 0 Å². The van der Waals surface area contributed by atoms with E-state index in [1.807, 2.05) is 24.3 Å². The Kier molecular flexibility index (Phi) is 3.48. The molecule has 1 heterocycles. The number of benzene rings is 1. The molecular weight excluding hydrogens is 272 g/mol. The number of hydrogen-bond acceptors (Lipinski definition) is 4. The Morgan fingerprint density at radius 3 is 2.69 bits per heavy atom. The van der Waals surface area contributed by atoms with E-state index in [9.17, 15) is 0 Å². The molecule has 5 heteroatoms. The highest BCUT2D eigenvalue weighted by Gasteiger charge is 2.05. The van der Waals surface area contributed by atoms with Gasteiger partial charge in [0.15, 0.2) is 0 Å². The predicted molar refractivity (Wildman–Crippen MR) is 62.2 cm³/mol. The third kappa shape index (κ3) is 2.56. The van der Waals surface area contributed by atoms with Gasteiger partial charge in [-0.2, -0.15) is 0 Å². The molecule has 0 bridgehead atoms. The summed E-state index contributed by atoms with van der Waals surface area (Å²) in [5.74, 6) is 1.04. The molecule has 1 aromatic heterocycles. The van der Waals surface area contributed by atoms with Crippen LogP contribution in [0.15, 0.2) is 41.3 Å². The number of aromatic nitrogens is 2. The third-order valence-corrected chi connectivity index (χ3v) is 2.47. The van der Waals surface area contributed by atoms with Crippen molar-refractivity contribution < 1.29 is 9.84 Å². The molecule has 0 amide bonds. The Balaban J connectivity index is 2.23. The first-order valence-electron chi connectivity index (χ1n) is 4.63. The van der Waals surface area contributed by atoms with Crippen molar-refractivity contribution in [3.05, 3.63) is 46.8 Å². The molecular formula is C11H9BrN2O2. The number of aliphatic hydroxyl groups excluding tert-OH is 1. The van der Waals surface area contributed by atoms with Crippen molar-refractivity contribution in [2.45, 2.75) is 6.61 Å². The van der Waals surface area contributed by atoms with Crippen molar-refractivity contribution >= 4 is 15.9 Å². The summed E-state index contributed by atoms with van der Waals surface area (Å²) in [4.78, 5) is 7.78. The van der Waals surface area contributed by atoms with Gasteiger partial charge in [0.1, 0.15) is 12.1 Å². The fourth-order valence-corrected chi connectivity index (χ4v) is 1.43. The zero-order chi connectivity index (χ0) is 11.4. The minimum atomic E-state index is -0.146. The number of ether oxygens (including phenoxy) is 1. The number of rotatable bonds is 3. The summed E-state index contributed by atoms with van der Waals surface area (Å²) in [6.07, 6.45) is 2.91. The zero-order valence-electron chi connectivity index (χ0n) is 8.30. The lowest BCUT2D eigenvalue weighted by Gasteiger charge is -2.07. The first-order valence-corrected chi connectivity index (χ1v) is 5.42. The van der Waals surface area contributed by atoms with E-state index in [1.165, 1.54) is 12.5 Å². The van der Waals surface area contributed by atoms with Crippen molar-refractivity contribution in [1.82, 2.24) is 9.97 Å². The van der Waals surface area contributed by atoms with Gasteiger partial charge in [-0.15, -0.1) is 0 Å². The summed E-state index contributed by atoms with van der Waals surface area (Å²) in [6.45, 7) is -0.146. The van der Waals surface area contributed by atoms with Crippen LogP contribution >= 0.6 is 15.9 Å². The number of hydrogen-bond donors (Lipinski definition) is 1. The first kappa shape index (κ1) is 11.0. The van der Waals surface area contributed by atoms with E-state index in [0.29, 0.717) is 17.2 Å². The molecule has 82 valence electrons. The maximum atomic E-state index is 9.07. The monoisotopic (exact) mass is 280 g/mol. The summed E-state index contributed by atoms with van der Waals surface area (Å²) >= 11 is 3.34. The van der Waals surface area contributed by atoms with Crippen molar-refractivity contribution in [3.63, 3.8) is 0 Å². The lowest BCUT2D eigenvalue weighted by atomic mass is 10.3. The lowest BCUT2D eigenvalue weighted by molar-refractivity contribution is 0.274. The highest BCUT2D eigenvalue weighted by molar-refractivity contribution is 9.10. The summed E-state index contributed by atoms with van der Waals surface area (Å²) < 4.78 is 6.50. The maximum Gasteiger partial charge on any atom is 0.227 e. The van der Waals surface area contributed by atoms with E-state index in [2.05, 4.69) is 25.9 Å². The Hall–Kier alpha value is -1.46. The SMILES string of the molecule is OCc1cncnc1Oc1ccc(Br)cc1. The number of nitrogens with zero attached hydrogens (tertiary/aromatic N) is 2. The first-order chi connectivity index (χ1) is 7.79. The van der Waals surface area contributed by atoms with E-state index in [0.717, 1.165) is 4.47 Å². The molecule has 0 aliphatic heterocycles. The second-order valence-electron chi connectivity index (χ2n) is 3.07. The average Bonchev–Trinajstić information content (AvgIpc) is 2.33. The van der Waals surface area contributed by atoms with Crippen molar-refractivity contribution in [2.24, 2.45) is 0 Å².